The number of thioether (sulfide) groups is 1. The van der Waals surface area contributed by atoms with Gasteiger partial charge < -0.3 is 5.73 Å². The van der Waals surface area contributed by atoms with Gasteiger partial charge in [0.25, 0.3) is 0 Å². The summed E-state index contributed by atoms with van der Waals surface area (Å²) in [4.78, 5) is 15.1. The van der Waals surface area contributed by atoms with Crippen molar-refractivity contribution in [3.63, 3.8) is 0 Å². The largest absolute Gasteiger partial charge is 0.396 e. The van der Waals surface area contributed by atoms with Gasteiger partial charge in [0.1, 0.15) is 0 Å². The van der Waals surface area contributed by atoms with E-state index in [-0.39, 0.29) is 0 Å². The molecule has 0 saturated heterocycles. The maximum Gasteiger partial charge on any atom is 0.0869 e. The summed E-state index contributed by atoms with van der Waals surface area (Å²) in [6, 6.07) is 18.8. The summed E-state index contributed by atoms with van der Waals surface area (Å²) in [5.74, 6) is 0. The Morgan fingerprint density at radius 1 is 1.14 bits per heavy atom. The van der Waals surface area contributed by atoms with Crippen LogP contribution >= 0.6 is 11.8 Å². The highest BCUT2D eigenvalue weighted by atomic mass is 32.2. The molecule has 0 bridgehead atoms. The molecule has 2 N–H and O–H groups in total. The second kappa shape index (κ2) is 8.62. The first-order valence-corrected chi connectivity index (χ1v) is 10.9. The lowest BCUT2D eigenvalue weighted by atomic mass is 10.0. The number of aryl methyl sites for hydroxylation is 1. The van der Waals surface area contributed by atoms with Crippen LogP contribution in [-0.2, 0) is 0 Å². The number of aliphatic imine (C=N–C) groups is 1. The molecule has 0 spiro atoms. The highest BCUT2D eigenvalue weighted by Gasteiger charge is 2.20. The van der Waals surface area contributed by atoms with Crippen molar-refractivity contribution in [3.8, 4) is 11.3 Å². The Balaban J connectivity index is 1.77. The van der Waals surface area contributed by atoms with Crippen LogP contribution in [0.4, 0.5) is 0 Å². The molecule has 4 nitrogen and oxygen atoms in total. The molecule has 1 aromatic carbocycles. The molecule has 29 heavy (non-hydrogen) atoms. The van der Waals surface area contributed by atoms with Crippen LogP contribution in [0.25, 0.3) is 22.5 Å². The van der Waals surface area contributed by atoms with Crippen molar-refractivity contribution in [2.45, 2.75) is 30.7 Å². The summed E-state index contributed by atoms with van der Waals surface area (Å²) >= 11 is 1.73. The Kier molecular flexibility index (Phi) is 5.76. The normalized spacial score (nSPS) is 14.8. The fraction of sp³-hybridized carbons (Fsp3) is 0.208. The van der Waals surface area contributed by atoms with Crippen LogP contribution in [0.3, 0.4) is 0 Å². The number of rotatable bonds is 6. The molecule has 2 heterocycles. The summed E-state index contributed by atoms with van der Waals surface area (Å²) in [5, 5.41) is 0. The molecule has 0 amide bonds. The number of nitrogens with two attached hydrogens (primary N) is 1. The molecule has 1 fully saturated rings. The van der Waals surface area contributed by atoms with Crippen LogP contribution in [0.5, 0.6) is 0 Å². The maximum atomic E-state index is 6.58. The fourth-order valence-electron chi connectivity index (χ4n) is 3.05. The molecule has 2 aromatic heterocycles. The number of hydrogen-bond acceptors (Lipinski definition) is 5. The van der Waals surface area contributed by atoms with Crippen molar-refractivity contribution in [3.05, 3.63) is 77.7 Å². The Morgan fingerprint density at radius 2 is 1.93 bits per heavy atom. The summed E-state index contributed by atoms with van der Waals surface area (Å²) in [7, 11) is 0. The van der Waals surface area contributed by atoms with E-state index >= 15 is 0 Å². The molecule has 146 valence electrons. The molecule has 4 rings (SSSR count). The van der Waals surface area contributed by atoms with Crippen LogP contribution < -0.4 is 5.73 Å². The number of nitrogens with zero attached hydrogens (tertiary/aromatic N) is 3. The molecule has 0 unspecified atom stereocenters. The highest BCUT2D eigenvalue weighted by Crippen LogP contribution is 2.28. The summed E-state index contributed by atoms with van der Waals surface area (Å²) in [5.41, 5.74) is 12.8. The van der Waals surface area contributed by atoms with Gasteiger partial charge in [-0.3, -0.25) is 15.0 Å². The van der Waals surface area contributed by atoms with E-state index in [1.165, 1.54) is 4.90 Å². The smallest absolute Gasteiger partial charge is 0.0869 e. The summed E-state index contributed by atoms with van der Waals surface area (Å²) < 4.78 is 0. The third-order valence-electron chi connectivity index (χ3n) is 4.87. The van der Waals surface area contributed by atoms with Gasteiger partial charge in [-0.05, 0) is 68.0 Å². The lowest BCUT2D eigenvalue weighted by Gasteiger charge is -2.11. The van der Waals surface area contributed by atoms with E-state index in [1.807, 2.05) is 43.6 Å². The highest BCUT2D eigenvalue weighted by molar-refractivity contribution is 7.98. The molecular weight excluding hydrogens is 376 g/mol. The van der Waals surface area contributed by atoms with E-state index in [1.54, 1.807) is 11.8 Å². The van der Waals surface area contributed by atoms with E-state index in [4.69, 9.17) is 10.7 Å². The van der Waals surface area contributed by atoms with Gasteiger partial charge in [0.2, 0.25) is 0 Å². The first-order valence-electron chi connectivity index (χ1n) is 9.72. The van der Waals surface area contributed by atoms with Crippen molar-refractivity contribution >= 4 is 29.2 Å². The average Bonchev–Trinajstić information content (AvgIpc) is 3.58. The fourth-order valence-corrected chi connectivity index (χ4v) is 3.46. The predicted molar refractivity (Wildman–Crippen MR) is 123 cm³/mol. The zero-order valence-electron chi connectivity index (χ0n) is 16.7. The predicted octanol–water partition coefficient (Wildman–Crippen LogP) is 5.23. The number of aromatic nitrogens is 2. The minimum absolute atomic E-state index is 0.420. The van der Waals surface area contributed by atoms with E-state index in [2.05, 4.69) is 46.6 Å². The first kappa shape index (κ1) is 19.4. The van der Waals surface area contributed by atoms with Gasteiger partial charge in [-0.15, -0.1) is 11.8 Å². The molecule has 0 aliphatic heterocycles. The van der Waals surface area contributed by atoms with Crippen LogP contribution in [0.1, 0.15) is 29.8 Å². The topological polar surface area (TPSA) is 64.2 Å². The SMILES string of the molecule is CSc1ccc(-c2cc(C(C=NC3CC3)=C(N)c3cccc(C)n3)ccn2)cc1. The third kappa shape index (κ3) is 4.74. The number of hydrogen-bond donors (Lipinski definition) is 1. The number of benzene rings is 1. The lowest BCUT2D eigenvalue weighted by Crippen LogP contribution is -2.06. The average molecular weight is 401 g/mol. The quantitative estimate of drug-likeness (QED) is 0.454. The lowest BCUT2D eigenvalue weighted by molar-refractivity contribution is 1.08. The van der Waals surface area contributed by atoms with Gasteiger partial charge in [-0.25, -0.2) is 0 Å². The second-order valence-corrected chi connectivity index (χ2v) is 8.04. The van der Waals surface area contributed by atoms with Crippen LogP contribution in [0.2, 0.25) is 0 Å². The molecule has 0 radical (unpaired) electrons. The van der Waals surface area contributed by atoms with Crippen LogP contribution in [0, 0.1) is 6.92 Å². The molecule has 5 heteroatoms. The van der Waals surface area contributed by atoms with Crippen molar-refractivity contribution in [1.29, 1.82) is 0 Å². The number of pyridine rings is 2. The van der Waals surface area contributed by atoms with Crippen molar-refractivity contribution in [2.75, 3.05) is 6.26 Å². The Hall–Kier alpha value is -2.92. The summed E-state index contributed by atoms with van der Waals surface area (Å²) in [6.07, 6.45) is 8.11. The summed E-state index contributed by atoms with van der Waals surface area (Å²) in [6.45, 7) is 1.97. The van der Waals surface area contributed by atoms with Crippen LogP contribution in [0.15, 0.2) is 70.7 Å². The molecule has 0 atom stereocenters. The first-order chi connectivity index (χ1) is 14.1. The standard InChI is InChI=1S/C24H24N4S/c1-16-4-3-5-22(28-16)24(25)21(15-27-19-8-9-19)18-12-13-26-23(14-18)17-6-10-20(29-2)11-7-17/h3-7,10-15,19H,8-9,25H2,1-2H3. The monoisotopic (exact) mass is 400 g/mol. The molecule has 1 aliphatic rings. The Labute approximate surface area is 176 Å². The van der Waals surface area contributed by atoms with Gasteiger partial charge in [-0.1, -0.05) is 18.2 Å². The van der Waals surface area contributed by atoms with Crippen molar-refractivity contribution in [2.24, 2.45) is 10.7 Å². The number of allylic oxidation sites excluding steroid dienone is 1. The molecule has 1 aliphatic carbocycles. The van der Waals surface area contributed by atoms with Gasteiger partial charge in [0, 0.05) is 34.1 Å². The van der Waals surface area contributed by atoms with Gasteiger partial charge in [0.05, 0.1) is 23.1 Å². The zero-order valence-corrected chi connectivity index (χ0v) is 17.5. The molecular formula is C24H24N4S. The Bertz CT molecular complexity index is 1070. The van der Waals surface area contributed by atoms with Crippen LogP contribution in [-0.4, -0.2) is 28.5 Å². The van der Waals surface area contributed by atoms with E-state index < -0.39 is 0 Å². The van der Waals surface area contributed by atoms with E-state index in [9.17, 15) is 0 Å². The van der Waals surface area contributed by atoms with Crippen molar-refractivity contribution in [1.82, 2.24) is 9.97 Å². The maximum absolute atomic E-state index is 6.58. The van der Waals surface area contributed by atoms with Gasteiger partial charge in [-0.2, -0.15) is 0 Å². The Morgan fingerprint density at radius 3 is 2.62 bits per heavy atom. The zero-order chi connectivity index (χ0) is 20.2. The van der Waals surface area contributed by atoms with Crippen molar-refractivity contribution < 1.29 is 0 Å². The minimum atomic E-state index is 0.420. The molecule has 3 aromatic rings. The third-order valence-corrected chi connectivity index (χ3v) is 5.62. The van der Waals surface area contributed by atoms with Gasteiger partial charge in [0.15, 0.2) is 0 Å². The van der Waals surface area contributed by atoms with Gasteiger partial charge >= 0.3 is 0 Å². The minimum Gasteiger partial charge on any atom is -0.396 e. The molecule has 1 saturated carbocycles. The van der Waals surface area contributed by atoms with E-state index in [0.29, 0.717) is 11.7 Å². The second-order valence-electron chi connectivity index (χ2n) is 7.16. The van der Waals surface area contributed by atoms with E-state index in [0.717, 1.165) is 46.6 Å².